The molecule has 2 atom stereocenters. The van der Waals surface area contributed by atoms with Gasteiger partial charge in [0.2, 0.25) is 12.3 Å². The van der Waals surface area contributed by atoms with Crippen molar-refractivity contribution in [3.8, 4) is 5.88 Å². The van der Waals surface area contributed by atoms with Crippen LogP contribution in [0.25, 0.3) is 0 Å². The first-order chi connectivity index (χ1) is 10.6. The average molecular weight is 304 g/mol. The number of carbonyl (C=O) groups is 2. The van der Waals surface area contributed by atoms with Crippen molar-refractivity contribution in [1.29, 1.82) is 0 Å². The number of carbonyl (C=O) groups excluding carboxylic acids is 2. The van der Waals surface area contributed by atoms with E-state index in [4.69, 9.17) is 4.74 Å². The van der Waals surface area contributed by atoms with Gasteiger partial charge in [-0.15, -0.1) is 0 Å². The van der Waals surface area contributed by atoms with Crippen molar-refractivity contribution in [1.82, 2.24) is 4.98 Å². The first-order valence-corrected chi connectivity index (χ1v) is 7.70. The highest BCUT2D eigenvalue weighted by atomic mass is 16.5. The normalized spacial score (nSPS) is 23.8. The first-order valence-electron chi connectivity index (χ1n) is 7.70. The zero-order valence-corrected chi connectivity index (χ0v) is 12.8. The number of nitrogens with zero attached hydrogens (tertiary/aromatic N) is 2. The van der Waals surface area contributed by atoms with Crippen LogP contribution in [0.1, 0.15) is 42.7 Å². The smallest absolute Gasteiger partial charge is 0.357 e. The number of pyridine rings is 1. The number of hydrogen-bond donors (Lipinski definition) is 1. The van der Waals surface area contributed by atoms with Gasteiger partial charge in [0.15, 0.2) is 5.69 Å². The lowest BCUT2D eigenvalue weighted by atomic mass is 9.85. The Labute approximate surface area is 129 Å². The third kappa shape index (κ3) is 2.42. The molecular formula is C16H20N2O4. The molecule has 1 aliphatic heterocycles. The predicted molar refractivity (Wildman–Crippen MR) is 79.8 cm³/mol. The summed E-state index contributed by atoms with van der Waals surface area (Å²) in [5, 5.41) is 10.2. The van der Waals surface area contributed by atoms with Gasteiger partial charge in [-0.2, -0.15) is 0 Å². The third-order valence-electron chi connectivity index (χ3n) is 4.46. The second kappa shape index (κ2) is 5.59. The molecule has 1 unspecified atom stereocenters. The van der Waals surface area contributed by atoms with Gasteiger partial charge in [0.05, 0.1) is 6.61 Å². The molecule has 2 aliphatic rings. The summed E-state index contributed by atoms with van der Waals surface area (Å²) in [6.07, 6.45) is 3.71. The van der Waals surface area contributed by atoms with Crippen LogP contribution in [0.2, 0.25) is 0 Å². The van der Waals surface area contributed by atoms with Crippen molar-refractivity contribution >= 4 is 18.1 Å². The zero-order valence-electron chi connectivity index (χ0n) is 12.8. The van der Waals surface area contributed by atoms with E-state index in [1.807, 2.05) is 0 Å². The van der Waals surface area contributed by atoms with Crippen molar-refractivity contribution in [3.05, 3.63) is 17.3 Å². The second-order valence-electron chi connectivity index (χ2n) is 6.08. The lowest BCUT2D eigenvalue weighted by Crippen LogP contribution is -2.45. The first kappa shape index (κ1) is 14.8. The minimum atomic E-state index is -0.560. The van der Waals surface area contributed by atoms with Crippen LogP contribution >= 0.6 is 0 Å². The lowest BCUT2D eigenvalue weighted by molar-refractivity contribution is -0.108. The van der Waals surface area contributed by atoms with Crippen molar-refractivity contribution in [2.75, 3.05) is 11.5 Å². The zero-order chi connectivity index (χ0) is 15.9. The van der Waals surface area contributed by atoms with Crippen LogP contribution in [0.3, 0.4) is 0 Å². The molecule has 2 heterocycles. The van der Waals surface area contributed by atoms with E-state index in [0.717, 1.165) is 24.8 Å². The highest BCUT2D eigenvalue weighted by molar-refractivity contribution is 5.90. The van der Waals surface area contributed by atoms with Crippen LogP contribution in [-0.2, 0) is 16.0 Å². The highest BCUT2D eigenvalue weighted by Crippen LogP contribution is 2.46. The second-order valence-corrected chi connectivity index (χ2v) is 6.08. The molecule has 118 valence electrons. The fourth-order valence-corrected chi connectivity index (χ4v) is 3.47. The van der Waals surface area contributed by atoms with E-state index >= 15 is 0 Å². The van der Waals surface area contributed by atoms with Crippen molar-refractivity contribution in [2.24, 2.45) is 11.8 Å². The van der Waals surface area contributed by atoms with E-state index in [2.05, 4.69) is 11.9 Å². The number of rotatable bonds is 4. The van der Waals surface area contributed by atoms with Gasteiger partial charge in [-0.1, -0.05) is 6.92 Å². The molecule has 1 aromatic heterocycles. The summed E-state index contributed by atoms with van der Waals surface area (Å²) < 4.78 is 4.93. The number of aromatic hydroxyl groups is 1. The monoisotopic (exact) mass is 304 g/mol. The van der Waals surface area contributed by atoms with E-state index in [9.17, 15) is 14.7 Å². The molecule has 6 nitrogen and oxygen atoms in total. The Morgan fingerprint density at radius 3 is 2.86 bits per heavy atom. The summed E-state index contributed by atoms with van der Waals surface area (Å²) in [4.78, 5) is 28.9. The van der Waals surface area contributed by atoms with E-state index in [0.29, 0.717) is 18.0 Å². The van der Waals surface area contributed by atoms with Gasteiger partial charge in [0.25, 0.3) is 0 Å². The summed E-state index contributed by atoms with van der Waals surface area (Å²) in [7, 11) is 0. The number of anilines is 1. The molecule has 1 aliphatic carbocycles. The van der Waals surface area contributed by atoms with Crippen LogP contribution in [-0.4, -0.2) is 35.1 Å². The molecular weight excluding hydrogens is 284 g/mol. The number of fused-ring (bicyclic) bond motifs is 1. The number of hydrogen-bond acceptors (Lipinski definition) is 5. The van der Waals surface area contributed by atoms with Crippen LogP contribution in [0, 0.1) is 11.8 Å². The summed E-state index contributed by atoms with van der Waals surface area (Å²) in [5.74, 6) is -0.0556. The molecule has 0 aromatic carbocycles. The average Bonchev–Trinajstić information content (AvgIpc) is 3.30. The summed E-state index contributed by atoms with van der Waals surface area (Å²) in [6.45, 7) is 4.06. The molecule has 1 fully saturated rings. The van der Waals surface area contributed by atoms with Gasteiger partial charge in [-0.05, 0) is 49.7 Å². The van der Waals surface area contributed by atoms with Crippen LogP contribution in [0.4, 0.5) is 5.69 Å². The largest absolute Gasteiger partial charge is 0.492 e. The van der Waals surface area contributed by atoms with Crippen LogP contribution in [0.5, 0.6) is 5.88 Å². The van der Waals surface area contributed by atoms with Gasteiger partial charge in [-0.25, -0.2) is 9.78 Å². The van der Waals surface area contributed by atoms with E-state index < -0.39 is 5.97 Å². The molecule has 0 radical (unpaired) electrons. The Bertz CT molecular complexity index is 612. The van der Waals surface area contributed by atoms with Gasteiger partial charge in [0.1, 0.15) is 5.69 Å². The fourth-order valence-electron chi connectivity index (χ4n) is 3.47. The van der Waals surface area contributed by atoms with Crippen LogP contribution in [0.15, 0.2) is 6.07 Å². The Morgan fingerprint density at radius 2 is 2.27 bits per heavy atom. The number of amides is 1. The molecule has 3 rings (SSSR count). The quantitative estimate of drug-likeness (QED) is 0.679. The Balaban J connectivity index is 2.02. The van der Waals surface area contributed by atoms with E-state index in [1.165, 1.54) is 0 Å². The van der Waals surface area contributed by atoms with E-state index in [-0.39, 0.29) is 30.1 Å². The molecule has 1 amide bonds. The summed E-state index contributed by atoms with van der Waals surface area (Å²) in [6, 6.07) is 1.73. The molecule has 0 spiro atoms. The Morgan fingerprint density at radius 1 is 1.55 bits per heavy atom. The Hall–Kier alpha value is -2.11. The molecule has 22 heavy (non-hydrogen) atoms. The van der Waals surface area contributed by atoms with Gasteiger partial charge in [-0.3, -0.25) is 4.79 Å². The molecule has 1 saturated carbocycles. The van der Waals surface area contributed by atoms with Crippen molar-refractivity contribution < 1.29 is 19.4 Å². The standard InChI is InChI=1S/C16H20N2O4/c1-3-22-16(21)12-7-11-6-9(2)13(10-4-5-10)18(8-19)14(11)15(20)17-12/h7-10,13H,3-6H2,1-2H3,(H,17,20)/t9?,13-/m1/s1. The number of aromatic nitrogens is 1. The highest BCUT2D eigenvalue weighted by Gasteiger charge is 2.43. The maximum Gasteiger partial charge on any atom is 0.357 e. The SMILES string of the molecule is CCOC(=O)c1cc2c(c(O)n1)N(C=O)[C@@H](C1CC1)C(C)C2. The minimum absolute atomic E-state index is 0.0843. The van der Waals surface area contributed by atoms with Gasteiger partial charge in [0, 0.05) is 6.04 Å². The lowest BCUT2D eigenvalue weighted by Gasteiger charge is -2.39. The fraction of sp³-hybridized carbons (Fsp3) is 0.562. The maximum atomic E-state index is 11.8. The number of ether oxygens (including phenoxy) is 1. The topological polar surface area (TPSA) is 79.7 Å². The predicted octanol–water partition coefficient (Wildman–Crippen LogP) is 1.90. The Kier molecular flexibility index (Phi) is 3.76. The molecule has 1 N–H and O–H groups in total. The third-order valence-corrected chi connectivity index (χ3v) is 4.46. The van der Waals surface area contributed by atoms with Crippen molar-refractivity contribution in [2.45, 2.75) is 39.2 Å². The molecule has 0 bridgehead atoms. The van der Waals surface area contributed by atoms with Gasteiger partial charge >= 0.3 is 5.97 Å². The summed E-state index contributed by atoms with van der Waals surface area (Å²) in [5.41, 5.74) is 1.30. The minimum Gasteiger partial charge on any atom is -0.492 e. The number of esters is 1. The molecule has 1 aromatic rings. The molecule has 6 heteroatoms. The molecule has 0 saturated heterocycles. The van der Waals surface area contributed by atoms with Crippen molar-refractivity contribution in [3.63, 3.8) is 0 Å². The van der Waals surface area contributed by atoms with Gasteiger partial charge < -0.3 is 14.7 Å². The van der Waals surface area contributed by atoms with Crippen LogP contribution < -0.4 is 4.90 Å². The maximum absolute atomic E-state index is 11.8. The summed E-state index contributed by atoms with van der Waals surface area (Å²) >= 11 is 0. The van der Waals surface area contributed by atoms with E-state index in [1.54, 1.807) is 17.9 Å².